The summed E-state index contributed by atoms with van der Waals surface area (Å²) in [6.07, 6.45) is 2.42. The van der Waals surface area contributed by atoms with Crippen LogP contribution in [0.4, 0.5) is 0 Å². The van der Waals surface area contributed by atoms with Crippen molar-refractivity contribution in [1.82, 2.24) is 19.6 Å². The van der Waals surface area contributed by atoms with Crippen LogP contribution in [-0.4, -0.2) is 64.5 Å². The van der Waals surface area contributed by atoms with Crippen molar-refractivity contribution in [2.24, 2.45) is 13.0 Å². The Morgan fingerprint density at radius 1 is 1.38 bits per heavy atom. The van der Waals surface area contributed by atoms with E-state index in [0.29, 0.717) is 0 Å². The van der Waals surface area contributed by atoms with Crippen LogP contribution in [0.1, 0.15) is 24.1 Å². The molecule has 0 amide bonds. The number of aliphatic hydroxyl groups is 1. The number of nitrogens with zero attached hydrogens (tertiary/aromatic N) is 4. The zero-order chi connectivity index (χ0) is 15.4. The van der Waals surface area contributed by atoms with Crippen molar-refractivity contribution in [3.05, 3.63) is 16.4 Å². The van der Waals surface area contributed by atoms with Crippen LogP contribution in [0.15, 0.2) is 0 Å². The summed E-state index contributed by atoms with van der Waals surface area (Å²) >= 11 is 6.30. The molecule has 1 saturated heterocycles. The number of hydrogen-bond donors (Lipinski definition) is 1. The second-order valence-electron chi connectivity index (χ2n) is 6.18. The van der Waals surface area contributed by atoms with Gasteiger partial charge in [0.25, 0.3) is 0 Å². The molecule has 6 heteroatoms. The van der Waals surface area contributed by atoms with Crippen molar-refractivity contribution in [2.45, 2.75) is 26.3 Å². The third kappa shape index (κ3) is 4.42. The van der Waals surface area contributed by atoms with E-state index < -0.39 is 0 Å². The molecule has 0 bridgehead atoms. The van der Waals surface area contributed by atoms with Gasteiger partial charge in [-0.25, -0.2) is 0 Å². The Balaban J connectivity index is 1.81. The molecule has 1 aliphatic rings. The van der Waals surface area contributed by atoms with Crippen LogP contribution in [0.5, 0.6) is 0 Å². The molecule has 1 aromatic heterocycles. The molecule has 0 unspecified atom stereocenters. The van der Waals surface area contributed by atoms with Gasteiger partial charge in [0.15, 0.2) is 0 Å². The van der Waals surface area contributed by atoms with Gasteiger partial charge < -0.3 is 14.9 Å². The SMILES string of the molecule is Cc1nn(C)c(Cl)c1CN(C)CC1CCN(CCO)CC1. The fourth-order valence-electron chi connectivity index (χ4n) is 3.16. The van der Waals surface area contributed by atoms with E-state index in [2.05, 4.69) is 21.9 Å². The summed E-state index contributed by atoms with van der Waals surface area (Å²) in [6.45, 7) is 7.25. The fraction of sp³-hybridized carbons (Fsp3) is 0.800. The lowest BCUT2D eigenvalue weighted by Crippen LogP contribution is -2.38. The number of aliphatic hydroxyl groups excluding tert-OH is 1. The molecular weight excluding hydrogens is 288 g/mol. The van der Waals surface area contributed by atoms with E-state index in [1.807, 2.05) is 14.0 Å². The first kappa shape index (κ1) is 16.7. The Morgan fingerprint density at radius 3 is 2.57 bits per heavy atom. The average Bonchev–Trinajstić information content (AvgIpc) is 2.68. The second-order valence-corrected chi connectivity index (χ2v) is 6.54. The largest absolute Gasteiger partial charge is 0.395 e. The Labute approximate surface area is 132 Å². The maximum absolute atomic E-state index is 8.98. The Kier molecular flexibility index (Phi) is 6.05. The van der Waals surface area contributed by atoms with Gasteiger partial charge in [0.2, 0.25) is 0 Å². The standard InChI is InChI=1S/C15H27ClN4O/c1-12-14(15(16)19(3)17-12)11-18(2)10-13-4-6-20(7-5-13)8-9-21/h13,21H,4-11H2,1-3H3. The summed E-state index contributed by atoms with van der Waals surface area (Å²) in [6, 6.07) is 0. The highest BCUT2D eigenvalue weighted by molar-refractivity contribution is 6.30. The van der Waals surface area contributed by atoms with E-state index in [1.165, 1.54) is 12.8 Å². The normalized spacial score (nSPS) is 17.8. The number of β-amino-alcohol motifs (C(OH)–C–C–N with tert-alkyl or cyclic N) is 1. The van der Waals surface area contributed by atoms with Gasteiger partial charge in [0.05, 0.1) is 12.3 Å². The molecule has 2 rings (SSSR count). The minimum atomic E-state index is 0.267. The van der Waals surface area contributed by atoms with Gasteiger partial charge in [-0.15, -0.1) is 0 Å². The van der Waals surface area contributed by atoms with Gasteiger partial charge in [0.1, 0.15) is 5.15 Å². The smallest absolute Gasteiger partial charge is 0.131 e. The lowest BCUT2D eigenvalue weighted by atomic mass is 9.96. The number of piperidine rings is 1. The molecule has 0 atom stereocenters. The van der Waals surface area contributed by atoms with E-state index in [1.54, 1.807) is 4.68 Å². The van der Waals surface area contributed by atoms with Crippen LogP contribution in [0.3, 0.4) is 0 Å². The van der Waals surface area contributed by atoms with E-state index >= 15 is 0 Å². The fourth-order valence-corrected chi connectivity index (χ4v) is 3.40. The Hall–Kier alpha value is -0.620. The first-order valence-corrected chi connectivity index (χ1v) is 8.08. The highest BCUT2D eigenvalue weighted by atomic mass is 35.5. The summed E-state index contributed by atoms with van der Waals surface area (Å²) in [4.78, 5) is 4.70. The van der Waals surface area contributed by atoms with E-state index in [4.69, 9.17) is 16.7 Å². The summed E-state index contributed by atoms with van der Waals surface area (Å²) in [7, 11) is 4.04. The molecule has 1 fully saturated rings. The zero-order valence-electron chi connectivity index (χ0n) is 13.3. The summed E-state index contributed by atoms with van der Waals surface area (Å²) < 4.78 is 1.74. The minimum Gasteiger partial charge on any atom is -0.395 e. The summed E-state index contributed by atoms with van der Waals surface area (Å²) in [5, 5.41) is 14.1. The predicted molar refractivity (Wildman–Crippen MR) is 85.5 cm³/mol. The number of halogens is 1. The van der Waals surface area contributed by atoms with Crippen LogP contribution in [0.2, 0.25) is 5.15 Å². The number of rotatable bonds is 6. The highest BCUT2D eigenvalue weighted by Gasteiger charge is 2.21. The third-order valence-electron chi connectivity index (χ3n) is 4.39. The minimum absolute atomic E-state index is 0.267. The van der Waals surface area contributed by atoms with Crippen LogP contribution < -0.4 is 0 Å². The quantitative estimate of drug-likeness (QED) is 0.864. The number of aromatic nitrogens is 2. The summed E-state index contributed by atoms with van der Waals surface area (Å²) in [5.74, 6) is 0.737. The number of hydrogen-bond acceptors (Lipinski definition) is 4. The van der Waals surface area contributed by atoms with Gasteiger partial charge in [-0.3, -0.25) is 4.68 Å². The average molecular weight is 315 g/mol. The van der Waals surface area contributed by atoms with Crippen LogP contribution >= 0.6 is 11.6 Å². The Morgan fingerprint density at radius 2 is 2.05 bits per heavy atom. The van der Waals surface area contributed by atoms with Gasteiger partial charge in [-0.1, -0.05) is 11.6 Å². The Bertz CT molecular complexity index is 455. The number of aryl methyl sites for hydroxylation is 2. The van der Waals surface area contributed by atoms with Crippen LogP contribution in [0, 0.1) is 12.8 Å². The van der Waals surface area contributed by atoms with Crippen molar-refractivity contribution in [3.8, 4) is 0 Å². The van der Waals surface area contributed by atoms with Crippen LogP contribution in [-0.2, 0) is 13.6 Å². The van der Waals surface area contributed by atoms with Gasteiger partial charge in [-0.2, -0.15) is 5.10 Å². The second kappa shape index (κ2) is 7.58. The molecule has 2 heterocycles. The molecule has 0 aromatic carbocycles. The van der Waals surface area contributed by atoms with E-state index in [0.717, 1.165) is 55.1 Å². The maximum atomic E-state index is 8.98. The van der Waals surface area contributed by atoms with Crippen molar-refractivity contribution < 1.29 is 5.11 Å². The maximum Gasteiger partial charge on any atom is 0.131 e. The molecular formula is C15H27ClN4O. The molecule has 0 aliphatic carbocycles. The molecule has 1 aromatic rings. The zero-order valence-corrected chi connectivity index (χ0v) is 14.1. The monoisotopic (exact) mass is 314 g/mol. The lowest BCUT2D eigenvalue weighted by Gasteiger charge is -2.33. The van der Waals surface area contributed by atoms with Gasteiger partial charge in [-0.05, 0) is 45.8 Å². The van der Waals surface area contributed by atoms with Gasteiger partial charge >= 0.3 is 0 Å². The molecule has 120 valence electrons. The first-order valence-electron chi connectivity index (χ1n) is 7.71. The molecule has 0 spiro atoms. The van der Waals surface area contributed by atoms with Gasteiger partial charge in [0, 0.05) is 32.2 Å². The molecule has 0 saturated carbocycles. The van der Waals surface area contributed by atoms with E-state index in [-0.39, 0.29) is 6.61 Å². The highest BCUT2D eigenvalue weighted by Crippen LogP contribution is 2.22. The van der Waals surface area contributed by atoms with Crippen molar-refractivity contribution in [3.63, 3.8) is 0 Å². The topological polar surface area (TPSA) is 44.5 Å². The first-order chi connectivity index (χ1) is 10.0. The lowest BCUT2D eigenvalue weighted by molar-refractivity contribution is 0.129. The van der Waals surface area contributed by atoms with Crippen molar-refractivity contribution in [2.75, 3.05) is 39.8 Å². The molecule has 1 N–H and O–H groups in total. The molecule has 1 aliphatic heterocycles. The molecule has 5 nitrogen and oxygen atoms in total. The summed E-state index contributed by atoms with van der Waals surface area (Å²) in [5.41, 5.74) is 2.16. The molecule has 0 radical (unpaired) electrons. The number of likely N-dealkylation sites (tertiary alicyclic amines) is 1. The van der Waals surface area contributed by atoms with Crippen LogP contribution in [0.25, 0.3) is 0 Å². The van der Waals surface area contributed by atoms with E-state index in [9.17, 15) is 0 Å². The molecule has 21 heavy (non-hydrogen) atoms. The predicted octanol–water partition coefficient (Wildman–Crippen LogP) is 1.52. The van der Waals surface area contributed by atoms with Crippen molar-refractivity contribution in [1.29, 1.82) is 0 Å². The van der Waals surface area contributed by atoms with Crippen molar-refractivity contribution >= 4 is 11.6 Å². The third-order valence-corrected chi connectivity index (χ3v) is 4.86.